The van der Waals surface area contributed by atoms with E-state index in [1.807, 2.05) is 26.0 Å². The van der Waals surface area contributed by atoms with Crippen molar-refractivity contribution < 1.29 is 32.2 Å². The van der Waals surface area contributed by atoms with Crippen LogP contribution in [-0.2, 0) is 11.2 Å². The molecule has 2 aromatic heterocycles. The summed E-state index contributed by atoms with van der Waals surface area (Å²) < 4.78 is 59.7. The van der Waals surface area contributed by atoms with Gasteiger partial charge in [-0.05, 0) is 96.3 Å². The second-order valence-electron chi connectivity index (χ2n) is 12.5. The van der Waals surface area contributed by atoms with Gasteiger partial charge in [0.2, 0.25) is 5.88 Å². The van der Waals surface area contributed by atoms with Crippen LogP contribution in [0.15, 0.2) is 24.3 Å². The van der Waals surface area contributed by atoms with Crippen LogP contribution in [0.5, 0.6) is 17.6 Å². The molecule has 0 bridgehead atoms. The lowest BCUT2D eigenvalue weighted by Crippen LogP contribution is -2.23. The molecule has 2 saturated heterocycles. The molecule has 2 atom stereocenters. The lowest BCUT2D eigenvalue weighted by atomic mass is 9.95. The molecule has 0 spiro atoms. The van der Waals surface area contributed by atoms with Crippen molar-refractivity contribution in [3.63, 3.8) is 0 Å². The van der Waals surface area contributed by atoms with Crippen molar-refractivity contribution >= 4 is 28.1 Å². The van der Waals surface area contributed by atoms with E-state index in [-0.39, 0.29) is 58.6 Å². The number of rotatable bonds is 4. The number of carbonyl (C=O) groups excluding carboxylic acids is 1. The number of benzene rings is 2. The van der Waals surface area contributed by atoms with Gasteiger partial charge in [0.05, 0.1) is 23.8 Å². The molecule has 0 amide bonds. The number of carbonyl (C=O) groups is 1. The molecule has 1 N–H and O–H groups in total. The molecule has 3 aliphatic heterocycles. The minimum Gasteiger partial charge on any atom is -0.467 e. The van der Waals surface area contributed by atoms with Gasteiger partial charge in [0.15, 0.2) is 5.82 Å². The SMILES string of the molecule is C#Cc1c(F)ccc2cc(OC=O)cc(-c3nc4c5c(nc(OC)nc5c3F)CCCCNCO4)c12.CN(C)C.FC1CC2CCCN2C1. The van der Waals surface area contributed by atoms with Crippen LogP contribution in [0.2, 0.25) is 0 Å². The molecular weight excluding hydrogens is 637 g/mol. The molecule has 13 heteroatoms. The third-order valence-corrected chi connectivity index (χ3v) is 8.40. The third kappa shape index (κ3) is 8.21. The lowest BCUT2D eigenvalue weighted by Gasteiger charge is -2.18. The minimum absolute atomic E-state index is 0.00654. The van der Waals surface area contributed by atoms with Gasteiger partial charge in [0, 0.05) is 23.5 Å². The first kappa shape index (κ1) is 35.8. The number of pyridine rings is 1. The van der Waals surface area contributed by atoms with Gasteiger partial charge in [-0.25, -0.2) is 18.2 Å². The zero-order valence-corrected chi connectivity index (χ0v) is 28.2. The second-order valence-corrected chi connectivity index (χ2v) is 12.5. The summed E-state index contributed by atoms with van der Waals surface area (Å²) in [4.78, 5) is 28.5. The van der Waals surface area contributed by atoms with Gasteiger partial charge >= 0.3 is 6.01 Å². The molecule has 0 aliphatic carbocycles. The Bertz CT molecular complexity index is 1840. The van der Waals surface area contributed by atoms with Gasteiger partial charge in [0.25, 0.3) is 6.47 Å². The van der Waals surface area contributed by atoms with Gasteiger partial charge in [0.1, 0.15) is 35.7 Å². The van der Waals surface area contributed by atoms with Crippen LogP contribution in [0.3, 0.4) is 0 Å². The number of nitrogens with zero attached hydrogens (tertiary/aromatic N) is 5. The largest absolute Gasteiger partial charge is 0.467 e. The number of hydrogen-bond acceptors (Lipinski definition) is 10. The Kier molecular flexibility index (Phi) is 11.9. The van der Waals surface area contributed by atoms with Crippen LogP contribution in [0.25, 0.3) is 32.9 Å². The number of aromatic nitrogens is 3. The van der Waals surface area contributed by atoms with Crippen molar-refractivity contribution in [3.05, 3.63) is 47.2 Å². The van der Waals surface area contributed by atoms with Crippen molar-refractivity contribution in [1.29, 1.82) is 0 Å². The number of terminal acetylenes is 1. The highest BCUT2D eigenvalue weighted by molar-refractivity contribution is 6.03. The van der Waals surface area contributed by atoms with E-state index in [1.54, 1.807) is 0 Å². The molecule has 260 valence electrons. The summed E-state index contributed by atoms with van der Waals surface area (Å²) in [7, 11) is 7.39. The highest BCUT2D eigenvalue weighted by atomic mass is 19.1. The Morgan fingerprint density at radius 2 is 1.92 bits per heavy atom. The predicted molar refractivity (Wildman–Crippen MR) is 182 cm³/mol. The number of methoxy groups -OCH3 is 1. The number of nitrogens with one attached hydrogen (secondary N) is 1. The number of alkyl halides is 1. The van der Waals surface area contributed by atoms with E-state index in [1.165, 1.54) is 44.2 Å². The van der Waals surface area contributed by atoms with Crippen LogP contribution >= 0.6 is 0 Å². The molecule has 4 aromatic rings. The Morgan fingerprint density at radius 1 is 1.12 bits per heavy atom. The predicted octanol–water partition coefficient (Wildman–Crippen LogP) is 5.28. The van der Waals surface area contributed by atoms with Gasteiger partial charge in [-0.15, -0.1) is 6.42 Å². The van der Waals surface area contributed by atoms with Crippen LogP contribution in [0, 0.1) is 24.0 Å². The van der Waals surface area contributed by atoms with Crippen LogP contribution < -0.4 is 19.5 Å². The topological polar surface area (TPSA) is 102 Å². The summed E-state index contributed by atoms with van der Waals surface area (Å²) in [6.07, 6.45) is 10.6. The van der Waals surface area contributed by atoms with E-state index in [2.05, 4.69) is 31.1 Å². The summed E-state index contributed by atoms with van der Waals surface area (Å²) in [6, 6.07) is 6.14. The number of halogens is 3. The quantitative estimate of drug-likeness (QED) is 0.227. The second kappa shape index (κ2) is 16.3. The van der Waals surface area contributed by atoms with Crippen molar-refractivity contribution in [2.45, 2.75) is 50.7 Å². The molecule has 49 heavy (non-hydrogen) atoms. The van der Waals surface area contributed by atoms with Crippen molar-refractivity contribution in [2.75, 3.05) is 54.6 Å². The zero-order chi connectivity index (χ0) is 35.1. The number of aryl methyl sites for hydroxylation is 1. The summed E-state index contributed by atoms with van der Waals surface area (Å²) in [5, 5.41) is 4.14. The van der Waals surface area contributed by atoms with E-state index in [0.717, 1.165) is 32.4 Å². The van der Waals surface area contributed by atoms with Crippen molar-refractivity contribution in [3.8, 4) is 41.2 Å². The van der Waals surface area contributed by atoms with Gasteiger partial charge < -0.3 is 19.1 Å². The fourth-order valence-corrected chi connectivity index (χ4v) is 6.37. The lowest BCUT2D eigenvalue weighted by molar-refractivity contribution is -0.120. The van der Waals surface area contributed by atoms with Gasteiger partial charge in [-0.1, -0.05) is 12.0 Å². The molecular formula is C36H41F3N6O4. The maximum absolute atomic E-state index is 16.3. The fourth-order valence-electron chi connectivity index (χ4n) is 6.37. The molecule has 5 heterocycles. The summed E-state index contributed by atoms with van der Waals surface area (Å²) in [5.74, 6) is 1.07. The molecule has 10 nitrogen and oxygen atoms in total. The zero-order valence-electron chi connectivity index (χ0n) is 28.2. The molecule has 2 aromatic carbocycles. The monoisotopic (exact) mass is 678 g/mol. The van der Waals surface area contributed by atoms with Gasteiger partial charge in [-0.3, -0.25) is 15.0 Å². The van der Waals surface area contributed by atoms with Crippen molar-refractivity contribution in [1.82, 2.24) is 30.1 Å². The third-order valence-electron chi connectivity index (χ3n) is 8.40. The average Bonchev–Trinajstić information content (AvgIpc) is 3.66. The first-order chi connectivity index (χ1) is 23.6. The minimum atomic E-state index is -0.805. The highest BCUT2D eigenvalue weighted by Gasteiger charge is 2.34. The molecule has 0 radical (unpaired) electrons. The smallest absolute Gasteiger partial charge is 0.317 e. The van der Waals surface area contributed by atoms with Crippen LogP contribution in [0.1, 0.15) is 43.4 Å². The first-order valence-electron chi connectivity index (χ1n) is 16.2. The molecule has 3 aliphatic rings. The van der Waals surface area contributed by atoms with Crippen molar-refractivity contribution in [2.24, 2.45) is 0 Å². The fraction of sp³-hybridized carbons (Fsp3) is 0.444. The number of fused-ring (bicyclic) bond motifs is 2. The Balaban J connectivity index is 0.000000300. The van der Waals surface area contributed by atoms with Crippen LogP contribution in [0.4, 0.5) is 13.2 Å². The molecule has 2 fully saturated rings. The van der Waals surface area contributed by atoms with E-state index in [9.17, 15) is 13.6 Å². The van der Waals surface area contributed by atoms with E-state index in [0.29, 0.717) is 35.5 Å². The Hall–Kier alpha value is -4.51. The average molecular weight is 679 g/mol. The standard InChI is InChI=1S/C26H20F2N4O4.C7H12FN.C3H9N/c1-3-16-18(27)8-7-14-10-15(36-13-33)11-17(20(14)16)23-22(28)24-21-19(30-26(32-24)34-2)6-4-5-9-29-12-35-25(21)31-23;8-6-4-7-2-1-3-9(7)5-6;1-4(2)3/h1,7-8,10-11,13,29H,4-6,9,12H2,2H3;6-7H,1-5H2;1-3H3. The first-order valence-corrected chi connectivity index (χ1v) is 16.2. The molecule has 7 rings (SSSR count). The van der Waals surface area contributed by atoms with Gasteiger partial charge in [-0.2, -0.15) is 9.97 Å². The van der Waals surface area contributed by atoms with E-state index >= 15 is 4.39 Å². The molecule has 2 unspecified atom stereocenters. The highest BCUT2D eigenvalue weighted by Crippen LogP contribution is 2.40. The van der Waals surface area contributed by atoms with E-state index < -0.39 is 17.8 Å². The van der Waals surface area contributed by atoms with Crippen LogP contribution in [-0.4, -0.2) is 98.1 Å². The number of ether oxygens (including phenoxy) is 3. The normalized spacial score (nSPS) is 18.8. The summed E-state index contributed by atoms with van der Waals surface area (Å²) in [6.45, 7) is 2.94. The van der Waals surface area contributed by atoms with E-state index in [4.69, 9.17) is 20.6 Å². The molecule has 0 saturated carbocycles. The summed E-state index contributed by atoms with van der Waals surface area (Å²) in [5.41, 5.74) is 0.307. The summed E-state index contributed by atoms with van der Waals surface area (Å²) >= 11 is 0. The maximum Gasteiger partial charge on any atom is 0.317 e. The maximum atomic E-state index is 16.3. The Labute approximate surface area is 284 Å². The number of hydrogen-bond donors (Lipinski definition) is 1. The Morgan fingerprint density at radius 3 is 2.63 bits per heavy atom.